The molecule has 0 amide bonds. The average molecular weight is 229 g/mol. The molecule has 17 heavy (non-hydrogen) atoms. The van der Waals surface area contributed by atoms with Gasteiger partial charge in [-0.2, -0.15) is 0 Å². The largest absolute Gasteiger partial charge is 0.493 e. The summed E-state index contributed by atoms with van der Waals surface area (Å²) in [4.78, 5) is 4.20. The number of benzene rings is 1. The average Bonchev–Trinajstić information content (AvgIpc) is 2.40. The summed E-state index contributed by atoms with van der Waals surface area (Å²) < 4.78 is 10.6. The third-order valence-corrected chi connectivity index (χ3v) is 2.44. The van der Waals surface area contributed by atoms with Crippen LogP contribution in [0.25, 0.3) is 11.1 Å². The van der Waals surface area contributed by atoms with E-state index in [0.29, 0.717) is 12.5 Å². The van der Waals surface area contributed by atoms with E-state index in [1.807, 2.05) is 43.3 Å². The zero-order valence-electron chi connectivity index (χ0n) is 10.0. The van der Waals surface area contributed by atoms with Crippen molar-refractivity contribution in [3.8, 4) is 22.8 Å². The predicted molar refractivity (Wildman–Crippen MR) is 67.4 cm³/mol. The van der Waals surface area contributed by atoms with Gasteiger partial charge in [-0.25, -0.2) is 4.98 Å². The van der Waals surface area contributed by atoms with Gasteiger partial charge < -0.3 is 9.47 Å². The molecule has 0 saturated carbocycles. The van der Waals surface area contributed by atoms with E-state index in [0.717, 1.165) is 16.9 Å². The third-order valence-electron chi connectivity index (χ3n) is 2.44. The minimum Gasteiger partial charge on any atom is -0.493 e. The highest BCUT2D eigenvalue weighted by atomic mass is 16.5. The number of rotatable bonds is 4. The van der Waals surface area contributed by atoms with Gasteiger partial charge in [0, 0.05) is 23.4 Å². The smallest absolute Gasteiger partial charge is 0.212 e. The van der Waals surface area contributed by atoms with Crippen molar-refractivity contribution in [2.75, 3.05) is 13.7 Å². The van der Waals surface area contributed by atoms with E-state index in [-0.39, 0.29) is 0 Å². The first-order chi connectivity index (χ1) is 8.35. The van der Waals surface area contributed by atoms with Gasteiger partial charge in [0.25, 0.3) is 0 Å². The SMILES string of the molecule is CCOc1ccccc1-c1ccc(OC)nc1. The molecule has 1 aromatic heterocycles. The first-order valence-corrected chi connectivity index (χ1v) is 5.57. The number of hydrogen-bond donors (Lipinski definition) is 0. The fraction of sp³-hybridized carbons (Fsp3) is 0.214. The Kier molecular flexibility index (Phi) is 3.60. The van der Waals surface area contributed by atoms with Gasteiger partial charge in [0.15, 0.2) is 0 Å². The van der Waals surface area contributed by atoms with E-state index in [9.17, 15) is 0 Å². The van der Waals surface area contributed by atoms with Crippen molar-refractivity contribution in [1.82, 2.24) is 4.98 Å². The molecule has 0 radical (unpaired) electrons. The molecule has 0 aliphatic rings. The molecule has 1 heterocycles. The molecule has 1 aromatic carbocycles. The monoisotopic (exact) mass is 229 g/mol. The second-order valence-electron chi connectivity index (χ2n) is 3.52. The summed E-state index contributed by atoms with van der Waals surface area (Å²) in [6.07, 6.45) is 1.79. The fourth-order valence-corrected chi connectivity index (χ4v) is 1.65. The van der Waals surface area contributed by atoms with Crippen LogP contribution in [0.2, 0.25) is 0 Å². The lowest BCUT2D eigenvalue weighted by molar-refractivity contribution is 0.341. The van der Waals surface area contributed by atoms with Crippen molar-refractivity contribution in [2.45, 2.75) is 6.92 Å². The van der Waals surface area contributed by atoms with Crippen LogP contribution in [0.3, 0.4) is 0 Å². The molecule has 0 aliphatic carbocycles. The van der Waals surface area contributed by atoms with E-state index in [1.165, 1.54) is 0 Å². The molecule has 0 unspecified atom stereocenters. The molecule has 0 spiro atoms. The van der Waals surface area contributed by atoms with Crippen molar-refractivity contribution in [1.29, 1.82) is 0 Å². The maximum absolute atomic E-state index is 5.59. The van der Waals surface area contributed by atoms with Crippen molar-refractivity contribution >= 4 is 0 Å². The molecule has 0 atom stereocenters. The van der Waals surface area contributed by atoms with E-state index >= 15 is 0 Å². The topological polar surface area (TPSA) is 31.4 Å². The van der Waals surface area contributed by atoms with E-state index in [4.69, 9.17) is 9.47 Å². The Hall–Kier alpha value is -2.03. The maximum Gasteiger partial charge on any atom is 0.212 e. The first-order valence-electron chi connectivity index (χ1n) is 5.57. The van der Waals surface area contributed by atoms with Crippen molar-refractivity contribution in [2.24, 2.45) is 0 Å². The van der Waals surface area contributed by atoms with Crippen molar-refractivity contribution < 1.29 is 9.47 Å². The summed E-state index contributed by atoms with van der Waals surface area (Å²) in [7, 11) is 1.61. The molecule has 3 heteroatoms. The van der Waals surface area contributed by atoms with Gasteiger partial charge in [0.1, 0.15) is 5.75 Å². The Labute approximate surface area is 101 Å². The predicted octanol–water partition coefficient (Wildman–Crippen LogP) is 3.16. The number of nitrogens with zero attached hydrogens (tertiary/aromatic N) is 1. The summed E-state index contributed by atoms with van der Waals surface area (Å²) in [6, 6.07) is 11.8. The minimum absolute atomic E-state index is 0.614. The van der Waals surface area contributed by atoms with Gasteiger partial charge in [-0.1, -0.05) is 18.2 Å². The van der Waals surface area contributed by atoms with E-state index < -0.39 is 0 Å². The molecule has 0 fully saturated rings. The van der Waals surface area contributed by atoms with Crippen LogP contribution in [-0.4, -0.2) is 18.7 Å². The van der Waals surface area contributed by atoms with Crippen LogP contribution in [0.15, 0.2) is 42.6 Å². The molecule has 0 bridgehead atoms. The van der Waals surface area contributed by atoms with Crippen LogP contribution in [0, 0.1) is 0 Å². The molecule has 3 nitrogen and oxygen atoms in total. The Balaban J connectivity index is 2.37. The number of methoxy groups -OCH3 is 1. The lowest BCUT2D eigenvalue weighted by Crippen LogP contribution is -1.94. The minimum atomic E-state index is 0.614. The van der Waals surface area contributed by atoms with Gasteiger partial charge in [0.2, 0.25) is 5.88 Å². The van der Waals surface area contributed by atoms with E-state index in [2.05, 4.69) is 4.98 Å². The normalized spacial score (nSPS) is 10.0. The zero-order valence-corrected chi connectivity index (χ0v) is 10.0. The van der Waals surface area contributed by atoms with Gasteiger partial charge in [-0.3, -0.25) is 0 Å². The maximum atomic E-state index is 5.59. The first kappa shape index (κ1) is 11.5. The van der Waals surface area contributed by atoms with Crippen LogP contribution in [-0.2, 0) is 0 Å². The molecule has 0 saturated heterocycles. The van der Waals surface area contributed by atoms with Gasteiger partial charge in [-0.15, -0.1) is 0 Å². The van der Waals surface area contributed by atoms with Crippen LogP contribution in [0.4, 0.5) is 0 Å². The molecular formula is C14H15NO2. The molecule has 0 N–H and O–H groups in total. The molecule has 2 rings (SSSR count). The van der Waals surface area contributed by atoms with Crippen LogP contribution in [0.5, 0.6) is 11.6 Å². The second kappa shape index (κ2) is 5.34. The highest BCUT2D eigenvalue weighted by Gasteiger charge is 2.05. The van der Waals surface area contributed by atoms with Crippen molar-refractivity contribution in [3.63, 3.8) is 0 Å². The Morgan fingerprint density at radius 1 is 1.12 bits per heavy atom. The summed E-state index contributed by atoms with van der Waals surface area (Å²) in [5.41, 5.74) is 2.07. The van der Waals surface area contributed by atoms with Crippen molar-refractivity contribution in [3.05, 3.63) is 42.6 Å². The summed E-state index contributed by atoms with van der Waals surface area (Å²) in [5, 5.41) is 0. The Bertz CT molecular complexity index is 480. The number of aromatic nitrogens is 1. The zero-order chi connectivity index (χ0) is 12.1. The highest BCUT2D eigenvalue weighted by molar-refractivity contribution is 5.69. The van der Waals surface area contributed by atoms with Crippen LogP contribution < -0.4 is 9.47 Å². The van der Waals surface area contributed by atoms with Crippen LogP contribution >= 0.6 is 0 Å². The molecule has 0 aliphatic heterocycles. The van der Waals surface area contributed by atoms with Gasteiger partial charge in [-0.05, 0) is 19.1 Å². The number of hydrogen-bond acceptors (Lipinski definition) is 3. The van der Waals surface area contributed by atoms with Gasteiger partial charge >= 0.3 is 0 Å². The third kappa shape index (κ3) is 2.56. The molecular weight excluding hydrogens is 214 g/mol. The Morgan fingerprint density at radius 2 is 1.94 bits per heavy atom. The highest BCUT2D eigenvalue weighted by Crippen LogP contribution is 2.29. The molecule has 88 valence electrons. The number of para-hydroxylation sites is 1. The van der Waals surface area contributed by atoms with Crippen LogP contribution in [0.1, 0.15) is 6.92 Å². The quantitative estimate of drug-likeness (QED) is 0.807. The van der Waals surface area contributed by atoms with Gasteiger partial charge in [0.05, 0.1) is 13.7 Å². The number of pyridine rings is 1. The summed E-state index contributed by atoms with van der Waals surface area (Å²) >= 11 is 0. The lowest BCUT2D eigenvalue weighted by atomic mass is 10.1. The summed E-state index contributed by atoms with van der Waals surface area (Å²) in [5.74, 6) is 1.49. The number of ether oxygens (including phenoxy) is 2. The summed E-state index contributed by atoms with van der Waals surface area (Å²) in [6.45, 7) is 2.63. The fourth-order valence-electron chi connectivity index (χ4n) is 1.65. The second-order valence-corrected chi connectivity index (χ2v) is 3.52. The standard InChI is InChI=1S/C14H15NO2/c1-3-17-13-7-5-4-6-12(13)11-8-9-14(16-2)15-10-11/h4-10H,3H2,1-2H3. The van der Waals surface area contributed by atoms with E-state index in [1.54, 1.807) is 13.3 Å². The molecule has 2 aromatic rings. The Morgan fingerprint density at radius 3 is 2.59 bits per heavy atom. The lowest BCUT2D eigenvalue weighted by Gasteiger charge is -2.09.